The van der Waals surface area contributed by atoms with Gasteiger partial charge in [0, 0.05) is 17.5 Å². The van der Waals surface area contributed by atoms with Crippen LogP contribution in [0, 0.1) is 0 Å². The molecule has 0 spiro atoms. The van der Waals surface area contributed by atoms with E-state index in [1.165, 1.54) is 24.5 Å². The molecule has 1 heterocycles. The second-order valence-corrected chi connectivity index (χ2v) is 6.72. The molecule has 32 heavy (non-hydrogen) atoms. The van der Waals surface area contributed by atoms with Crippen molar-refractivity contribution in [2.24, 2.45) is 0 Å². The maximum absolute atomic E-state index is 12.8. The number of nitrogens with zero attached hydrogens (tertiary/aromatic N) is 1. The van der Waals surface area contributed by atoms with Crippen LogP contribution in [0.3, 0.4) is 0 Å². The number of hydrogen-bond donors (Lipinski definition) is 0. The first-order chi connectivity index (χ1) is 15.5. The summed E-state index contributed by atoms with van der Waals surface area (Å²) in [6, 6.07) is 11.8. The minimum atomic E-state index is -3.02. The lowest BCUT2D eigenvalue weighted by Crippen LogP contribution is -2.08. The molecule has 0 unspecified atom stereocenters. The van der Waals surface area contributed by atoms with Gasteiger partial charge in [-0.2, -0.15) is 8.78 Å². The van der Waals surface area contributed by atoms with E-state index in [2.05, 4.69) is 16.3 Å². The summed E-state index contributed by atoms with van der Waals surface area (Å²) in [5.41, 5.74) is 1.64. The SMILES string of the molecule is C=CCOc1ccc(-c2nc(CC(=O)Cc3ccccc3OCC)co2)cc1OC(F)F. The number of ether oxygens (including phenoxy) is 3. The fourth-order valence-corrected chi connectivity index (χ4v) is 3.04. The molecule has 0 N–H and O–H groups in total. The average molecular weight is 443 g/mol. The van der Waals surface area contributed by atoms with Crippen molar-refractivity contribution in [3.8, 4) is 28.7 Å². The number of rotatable bonds is 12. The van der Waals surface area contributed by atoms with Crippen LogP contribution in [0.1, 0.15) is 18.2 Å². The Morgan fingerprint density at radius 1 is 1.12 bits per heavy atom. The first kappa shape index (κ1) is 23.0. The number of carbonyl (C=O) groups is 1. The van der Waals surface area contributed by atoms with Gasteiger partial charge in [-0.05, 0) is 31.2 Å². The minimum absolute atomic E-state index is 0.0604. The molecule has 8 heteroatoms. The summed E-state index contributed by atoms with van der Waals surface area (Å²) in [7, 11) is 0. The van der Waals surface area contributed by atoms with Crippen LogP contribution in [0.25, 0.3) is 11.5 Å². The van der Waals surface area contributed by atoms with Gasteiger partial charge >= 0.3 is 6.61 Å². The predicted molar refractivity (Wildman–Crippen MR) is 114 cm³/mol. The summed E-state index contributed by atoms with van der Waals surface area (Å²) in [6.07, 6.45) is 3.12. The number of para-hydroxylation sites is 1. The third-order valence-corrected chi connectivity index (χ3v) is 4.35. The lowest BCUT2D eigenvalue weighted by molar-refractivity contribution is -0.117. The van der Waals surface area contributed by atoms with Gasteiger partial charge in [-0.25, -0.2) is 4.98 Å². The van der Waals surface area contributed by atoms with E-state index in [-0.39, 0.29) is 42.6 Å². The molecular weight excluding hydrogens is 420 g/mol. The zero-order valence-electron chi connectivity index (χ0n) is 17.6. The van der Waals surface area contributed by atoms with Crippen LogP contribution in [-0.4, -0.2) is 30.6 Å². The lowest BCUT2D eigenvalue weighted by atomic mass is 10.1. The molecule has 0 aliphatic heterocycles. The summed E-state index contributed by atoms with van der Waals surface area (Å²) >= 11 is 0. The van der Waals surface area contributed by atoms with E-state index in [0.717, 1.165) is 5.56 Å². The van der Waals surface area contributed by atoms with Gasteiger partial charge in [-0.3, -0.25) is 4.79 Å². The molecule has 6 nitrogen and oxygen atoms in total. The minimum Gasteiger partial charge on any atom is -0.494 e. The van der Waals surface area contributed by atoms with Crippen LogP contribution >= 0.6 is 0 Å². The Balaban J connectivity index is 1.72. The standard InChI is InChI=1S/C24H23F2NO5/c1-3-11-30-21-10-9-17(13-22(21)32-24(25)26)23-27-18(15-31-23)14-19(28)12-16-7-5-6-8-20(16)29-4-2/h3,5-10,13,15,24H,1,4,11-12,14H2,2H3. The van der Waals surface area contributed by atoms with Gasteiger partial charge in [0.05, 0.1) is 18.7 Å². The average Bonchev–Trinajstić information content (AvgIpc) is 3.22. The smallest absolute Gasteiger partial charge is 0.387 e. The second-order valence-electron chi connectivity index (χ2n) is 6.72. The van der Waals surface area contributed by atoms with Crippen LogP contribution in [0.15, 0.2) is 65.8 Å². The summed E-state index contributed by atoms with van der Waals surface area (Å²) in [5, 5.41) is 0. The summed E-state index contributed by atoms with van der Waals surface area (Å²) < 4.78 is 46.4. The Hall–Kier alpha value is -3.68. The zero-order valence-corrected chi connectivity index (χ0v) is 17.6. The first-order valence-electron chi connectivity index (χ1n) is 9.99. The molecule has 0 saturated carbocycles. The van der Waals surface area contributed by atoms with E-state index < -0.39 is 6.61 Å². The van der Waals surface area contributed by atoms with E-state index in [1.54, 1.807) is 6.07 Å². The zero-order chi connectivity index (χ0) is 22.9. The number of Topliss-reactive ketones (excluding diaryl/α,β-unsaturated/α-hetero) is 1. The number of oxazole rings is 1. The Morgan fingerprint density at radius 2 is 1.94 bits per heavy atom. The van der Waals surface area contributed by atoms with Crippen LogP contribution in [0.5, 0.6) is 17.2 Å². The molecule has 0 atom stereocenters. The maximum atomic E-state index is 12.8. The highest BCUT2D eigenvalue weighted by molar-refractivity contribution is 5.83. The molecule has 0 aliphatic rings. The number of ketones is 1. The van der Waals surface area contributed by atoms with Gasteiger partial charge in [0.25, 0.3) is 0 Å². The number of aromatic nitrogens is 1. The van der Waals surface area contributed by atoms with Crippen molar-refractivity contribution in [3.05, 3.63) is 72.6 Å². The van der Waals surface area contributed by atoms with Crippen molar-refractivity contribution in [1.29, 1.82) is 0 Å². The molecule has 168 valence electrons. The molecule has 2 aromatic carbocycles. The number of halogens is 2. The van der Waals surface area contributed by atoms with E-state index in [9.17, 15) is 13.6 Å². The number of alkyl halides is 2. The van der Waals surface area contributed by atoms with Crippen LogP contribution in [0.2, 0.25) is 0 Å². The normalized spacial score (nSPS) is 10.8. The fraction of sp³-hybridized carbons (Fsp3) is 0.250. The Kier molecular flexibility index (Phi) is 7.96. The molecule has 0 aliphatic carbocycles. The molecule has 3 rings (SSSR count). The number of carbonyl (C=O) groups excluding carboxylic acids is 1. The highest BCUT2D eigenvalue weighted by atomic mass is 19.3. The quantitative estimate of drug-likeness (QED) is 0.356. The summed E-state index contributed by atoms with van der Waals surface area (Å²) in [6.45, 7) is 3.03. The topological polar surface area (TPSA) is 70.8 Å². The summed E-state index contributed by atoms with van der Waals surface area (Å²) in [5.74, 6) is 0.782. The fourth-order valence-electron chi connectivity index (χ4n) is 3.04. The molecule has 0 saturated heterocycles. The second kappa shape index (κ2) is 11.1. The van der Waals surface area contributed by atoms with Gasteiger partial charge in [-0.1, -0.05) is 30.9 Å². The molecule has 0 amide bonds. The van der Waals surface area contributed by atoms with Gasteiger partial charge < -0.3 is 18.6 Å². The van der Waals surface area contributed by atoms with Crippen molar-refractivity contribution >= 4 is 5.78 Å². The van der Waals surface area contributed by atoms with Gasteiger partial charge in [-0.15, -0.1) is 0 Å². The summed E-state index contributed by atoms with van der Waals surface area (Å²) in [4.78, 5) is 16.9. The van der Waals surface area contributed by atoms with Crippen LogP contribution in [0.4, 0.5) is 8.78 Å². The van der Waals surface area contributed by atoms with Crippen molar-refractivity contribution in [3.63, 3.8) is 0 Å². The third-order valence-electron chi connectivity index (χ3n) is 4.35. The first-order valence-corrected chi connectivity index (χ1v) is 9.99. The van der Waals surface area contributed by atoms with Crippen molar-refractivity contribution in [2.75, 3.05) is 13.2 Å². The van der Waals surface area contributed by atoms with Gasteiger partial charge in [0.2, 0.25) is 5.89 Å². The highest BCUT2D eigenvalue weighted by Gasteiger charge is 2.17. The largest absolute Gasteiger partial charge is 0.494 e. The highest BCUT2D eigenvalue weighted by Crippen LogP contribution is 2.33. The van der Waals surface area contributed by atoms with Crippen LogP contribution in [-0.2, 0) is 17.6 Å². The number of benzene rings is 2. The molecule has 3 aromatic rings. The molecule has 0 radical (unpaired) electrons. The molecule has 1 aromatic heterocycles. The molecule has 0 fully saturated rings. The number of hydrogen-bond acceptors (Lipinski definition) is 6. The van der Waals surface area contributed by atoms with E-state index >= 15 is 0 Å². The maximum Gasteiger partial charge on any atom is 0.387 e. The van der Waals surface area contributed by atoms with Gasteiger partial charge in [0.15, 0.2) is 11.5 Å². The predicted octanol–water partition coefficient (Wildman–Crippen LogP) is 5.26. The van der Waals surface area contributed by atoms with Gasteiger partial charge in [0.1, 0.15) is 24.4 Å². The Labute approximate surface area is 184 Å². The Morgan fingerprint density at radius 3 is 2.69 bits per heavy atom. The van der Waals surface area contributed by atoms with E-state index in [4.69, 9.17) is 13.9 Å². The van der Waals surface area contributed by atoms with Crippen molar-refractivity contribution in [2.45, 2.75) is 26.4 Å². The molecular formula is C24H23F2NO5. The Bertz CT molecular complexity index is 1060. The van der Waals surface area contributed by atoms with E-state index in [0.29, 0.717) is 23.6 Å². The lowest BCUT2D eigenvalue weighted by Gasteiger charge is -2.11. The van der Waals surface area contributed by atoms with Crippen LogP contribution < -0.4 is 14.2 Å². The molecule has 0 bridgehead atoms. The van der Waals surface area contributed by atoms with Crippen molar-refractivity contribution < 1.29 is 32.2 Å². The third kappa shape index (κ3) is 6.16. The van der Waals surface area contributed by atoms with Crippen molar-refractivity contribution in [1.82, 2.24) is 4.98 Å². The monoisotopic (exact) mass is 443 g/mol. The van der Waals surface area contributed by atoms with E-state index in [1.807, 2.05) is 31.2 Å².